The number of para-hydroxylation sites is 1. The molecule has 0 aliphatic carbocycles. The normalized spacial score (nSPS) is 10.3. The van der Waals surface area contributed by atoms with Gasteiger partial charge in [-0.1, -0.05) is 28.1 Å². The number of ether oxygens (including phenoxy) is 1. The molecule has 0 aliphatic rings. The Morgan fingerprint density at radius 2 is 2.21 bits per heavy atom. The molecule has 2 N–H and O–H groups in total. The van der Waals surface area contributed by atoms with E-state index in [9.17, 15) is 9.50 Å². The maximum absolute atomic E-state index is 13.2. The summed E-state index contributed by atoms with van der Waals surface area (Å²) >= 11 is 3.34. The molecule has 1 aromatic heterocycles. The van der Waals surface area contributed by atoms with Gasteiger partial charge in [-0.25, -0.2) is 4.39 Å². The number of aromatic hydroxyl groups is 1. The van der Waals surface area contributed by atoms with Crippen molar-refractivity contribution in [1.29, 1.82) is 0 Å². The van der Waals surface area contributed by atoms with Gasteiger partial charge in [-0.2, -0.15) is 4.98 Å². The van der Waals surface area contributed by atoms with Crippen LogP contribution < -0.4 is 10.1 Å². The van der Waals surface area contributed by atoms with Crippen LogP contribution in [0.15, 0.2) is 34.8 Å². The van der Waals surface area contributed by atoms with Gasteiger partial charge >= 0.3 is 0 Å². The molecular formula is C13H12BrFN2O2. The topological polar surface area (TPSA) is 54.4 Å². The molecule has 0 fully saturated rings. The Morgan fingerprint density at radius 1 is 1.42 bits per heavy atom. The minimum absolute atomic E-state index is 0.260. The van der Waals surface area contributed by atoms with Crippen LogP contribution in [-0.4, -0.2) is 17.2 Å². The highest BCUT2D eigenvalue weighted by molar-refractivity contribution is 9.10. The number of halogens is 2. The van der Waals surface area contributed by atoms with Gasteiger partial charge in [0.1, 0.15) is 5.82 Å². The summed E-state index contributed by atoms with van der Waals surface area (Å²) in [5, 5.41) is 12.6. The van der Waals surface area contributed by atoms with Crippen LogP contribution in [0, 0.1) is 5.82 Å². The third-order valence-corrected chi connectivity index (χ3v) is 2.96. The van der Waals surface area contributed by atoms with Gasteiger partial charge in [0.25, 0.3) is 0 Å². The molecule has 0 aliphatic heterocycles. The lowest BCUT2D eigenvalue weighted by Crippen LogP contribution is -2.03. The van der Waals surface area contributed by atoms with E-state index >= 15 is 0 Å². The fraction of sp³-hybridized carbons (Fsp3) is 0.154. The summed E-state index contributed by atoms with van der Waals surface area (Å²) in [6.45, 7) is 0.260. The van der Waals surface area contributed by atoms with Gasteiger partial charge in [-0.05, 0) is 12.1 Å². The minimum Gasteiger partial charge on any atom is -0.505 e. The fourth-order valence-corrected chi connectivity index (χ4v) is 1.97. The smallest absolute Gasteiger partial charge is 0.216 e. The summed E-state index contributed by atoms with van der Waals surface area (Å²) in [7, 11) is 1.52. The van der Waals surface area contributed by atoms with Crippen molar-refractivity contribution < 1.29 is 14.2 Å². The van der Waals surface area contributed by atoms with Crippen molar-refractivity contribution in [1.82, 2.24) is 4.98 Å². The van der Waals surface area contributed by atoms with Gasteiger partial charge in [0, 0.05) is 22.6 Å². The summed E-state index contributed by atoms with van der Waals surface area (Å²) in [4.78, 5) is 4.18. The van der Waals surface area contributed by atoms with E-state index in [0.29, 0.717) is 17.3 Å². The van der Waals surface area contributed by atoms with E-state index in [1.807, 2.05) is 0 Å². The number of hydrogen-bond acceptors (Lipinski definition) is 4. The van der Waals surface area contributed by atoms with Crippen LogP contribution >= 0.6 is 15.9 Å². The summed E-state index contributed by atoms with van der Waals surface area (Å²) in [5.41, 5.74) is 0.459. The van der Waals surface area contributed by atoms with Crippen LogP contribution in [0.3, 0.4) is 0 Å². The third kappa shape index (κ3) is 3.35. The number of nitrogens with one attached hydrogen (secondary N) is 1. The van der Waals surface area contributed by atoms with E-state index in [0.717, 1.165) is 4.47 Å². The number of phenolic OH excluding ortho intramolecular Hbond substituents is 1. The van der Waals surface area contributed by atoms with E-state index in [-0.39, 0.29) is 12.3 Å². The van der Waals surface area contributed by atoms with Crippen molar-refractivity contribution in [2.24, 2.45) is 0 Å². The van der Waals surface area contributed by atoms with Crippen molar-refractivity contribution in [3.63, 3.8) is 0 Å². The van der Waals surface area contributed by atoms with Crippen LogP contribution in [0.25, 0.3) is 0 Å². The molecule has 2 rings (SSSR count). The molecule has 100 valence electrons. The Morgan fingerprint density at radius 3 is 2.95 bits per heavy atom. The highest BCUT2D eigenvalue weighted by Crippen LogP contribution is 2.24. The summed E-state index contributed by atoms with van der Waals surface area (Å²) in [5.74, 6) is 0.0336. The molecule has 1 heterocycles. The second-order valence-corrected chi connectivity index (χ2v) is 4.73. The van der Waals surface area contributed by atoms with Crippen LogP contribution in [0.1, 0.15) is 5.56 Å². The largest absolute Gasteiger partial charge is 0.505 e. The molecule has 0 saturated heterocycles. The fourth-order valence-electron chi connectivity index (χ4n) is 1.56. The van der Waals surface area contributed by atoms with E-state index in [2.05, 4.69) is 26.2 Å². The number of pyridine rings is 1. The number of aromatic nitrogens is 1. The lowest BCUT2D eigenvalue weighted by Gasteiger charge is -2.09. The number of phenols is 1. The molecule has 0 spiro atoms. The standard InChI is InChI=1S/C13H12BrFN2O2/c1-19-12-6-9(14)5-11(17-12)16-7-8-3-2-4-10(15)13(8)18/h2-6,18H,7H2,1H3,(H,16,17). The maximum atomic E-state index is 13.2. The molecule has 19 heavy (non-hydrogen) atoms. The SMILES string of the molecule is COc1cc(Br)cc(NCc2cccc(F)c2O)n1. The second kappa shape index (κ2) is 5.88. The highest BCUT2D eigenvalue weighted by Gasteiger charge is 2.07. The second-order valence-electron chi connectivity index (χ2n) is 3.81. The number of nitrogens with zero attached hydrogens (tertiary/aromatic N) is 1. The molecule has 0 unspecified atom stereocenters. The molecule has 6 heteroatoms. The first kappa shape index (κ1) is 13.6. The lowest BCUT2D eigenvalue weighted by molar-refractivity contribution is 0.398. The van der Waals surface area contributed by atoms with Crippen molar-refractivity contribution >= 4 is 21.7 Å². The Hall–Kier alpha value is -1.82. The Balaban J connectivity index is 2.14. The highest BCUT2D eigenvalue weighted by atomic mass is 79.9. The number of benzene rings is 1. The van der Waals surface area contributed by atoms with Crippen LogP contribution in [0.4, 0.5) is 10.2 Å². The van der Waals surface area contributed by atoms with Crippen molar-refractivity contribution in [2.75, 3.05) is 12.4 Å². The predicted molar refractivity (Wildman–Crippen MR) is 73.9 cm³/mol. The molecule has 2 aromatic rings. The first-order chi connectivity index (χ1) is 9.10. The van der Waals surface area contributed by atoms with E-state index < -0.39 is 5.82 Å². The number of anilines is 1. The first-order valence-corrected chi connectivity index (χ1v) is 6.31. The van der Waals surface area contributed by atoms with Gasteiger partial charge < -0.3 is 15.2 Å². The molecule has 0 radical (unpaired) electrons. The number of methoxy groups -OCH3 is 1. The van der Waals surface area contributed by atoms with Crippen LogP contribution in [-0.2, 0) is 6.54 Å². The molecule has 1 aromatic carbocycles. The maximum Gasteiger partial charge on any atom is 0.216 e. The lowest BCUT2D eigenvalue weighted by atomic mass is 10.2. The zero-order valence-corrected chi connectivity index (χ0v) is 11.7. The Kier molecular flexibility index (Phi) is 4.21. The molecule has 0 saturated carbocycles. The zero-order valence-electron chi connectivity index (χ0n) is 10.2. The Labute approximate surface area is 118 Å². The molecule has 4 nitrogen and oxygen atoms in total. The molecular weight excluding hydrogens is 315 g/mol. The summed E-state index contributed by atoms with van der Waals surface area (Å²) in [6.07, 6.45) is 0. The van der Waals surface area contributed by atoms with Gasteiger partial charge in [0.15, 0.2) is 11.6 Å². The van der Waals surface area contributed by atoms with Crippen molar-refractivity contribution in [2.45, 2.75) is 6.54 Å². The van der Waals surface area contributed by atoms with E-state index in [1.165, 1.54) is 13.2 Å². The predicted octanol–water partition coefficient (Wildman–Crippen LogP) is 3.31. The van der Waals surface area contributed by atoms with Crippen molar-refractivity contribution in [3.05, 3.63) is 46.2 Å². The number of rotatable bonds is 4. The van der Waals surface area contributed by atoms with Gasteiger partial charge in [-0.3, -0.25) is 0 Å². The summed E-state index contributed by atoms with van der Waals surface area (Å²) in [6, 6.07) is 7.88. The van der Waals surface area contributed by atoms with Gasteiger partial charge in [-0.15, -0.1) is 0 Å². The van der Waals surface area contributed by atoms with Gasteiger partial charge in [0.05, 0.1) is 7.11 Å². The first-order valence-electron chi connectivity index (χ1n) is 5.52. The summed E-state index contributed by atoms with van der Waals surface area (Å²) < 4.78 is 19.0. The van der Waals surface area contributed by atoms with Crippen molar-refractivity contribution in [3.8, 4) is 11.6 Å². The van der Waals surface area contributed by atoms with E-state index in [1.54, 1.807) is 24.3 Å². The minimum atomic E-state index is -0.640. The molecule has 0 atom stereocenters. The Bertz CT molecular complexity index is 593. The quantitative estimate of drug-likeness (QED) is 0.905. The molecule has 0 bridgehead atoms. The van der Waals surface area contributed by atoms with Gasteiger partial charge in [0.2, 0.25) is 5.88 Å². The third-order valence-electron chi connectivity index (χ3n) is 2.51. The average Bonchev–Trinajstić information content (AvgIpc) is 2.40. The monoisotopic (exact) mass is 326 g/mol. The van der Waals surface area contributed by atoms with E-state index in [4.69, 9.17) is 4.74 Å². The van der Waals surface area contributed by atoms with Crippen LogP contribution in [0.5, 0.6) is 11.6 Å². The number of hydrogen-bond donors (Lipinski definition) is 2. The van der Waals surface area contributed by atoms with Crippen LogP contribution in [0.2, 0.25) is 0 Å². The molecule has 0 amide bonds. The zero-order chi connectivity index (χ0) is 13.8. The average molecular weight is 327 g/mol.